The SMILES string of the molecule is O=C(Nc1ccncc1F)NC1CCOC1c1ccc(Cl)cc1. The lowest BCUT2D eigenvalue weighted by molar-refractivity contribution is 0.100. The summed E-state index contributed by atoms with van der Waals surface area (Å²) >= 11 is 5.88. The summed E-state index contributed by atoms with van der Waals surface area (Å²) < 4.78 is 19.2. The first-order valence-electron chi connectivity index (χ1n) is 7.17. The van der Waals surface area contributed by atoms with E-state index < -0.39 is 11.8 Å². The summed E-state index contributed by atoms with van der Waals surface area (Å²) in [6.07, 6.45) is 2.89. The molecule has 2 heterocycles. The highest BCUT2D eigenvalue weighted by Gasteiger charge is 2.31. The Bertz CT molecular complexity index is 696. The number of nitrogens with zero attached hydrogens (tertiary/aromatic N) is 1. The van der Waals surface area contributed by atoms with Gasteiger partial charge in [0.05, 0.1) is 17.9 Å². The van der Waals surface area contributed by atoms with Gasteiger partial charge in [0.2, 0.25) is 0 Å². The zero-order valence-corrected chi connectivity index (χ0v) is 12.9. The van der Waals surface area contributed by atoms with Gasteiger partial charge in [-0.25, -0.2) is 9.18 Å². The molecule has 1 fully saturated rings. The van der Waals surface area contributed by atoms with Gasteiger partial charge in [-0.2, -0.15) is 0 Å². The van der Waals surface area contributed by atoms with E-state index in [1.54, 1.807) is 12.1 Å². The normalized spacial score (nSPS) is 20.3. The summed E-state index contributed by atoms with van der Waals surface area (Å²) in [6.45, 7) is 0.544. The maximum absolute atomic E-state index is 13.5. The minimum Gasteiger partial charge on any atom is -0.371 e. The summed E-state index contributed by atoms with van der Waals surface area (Å²) in [4.78, 5) is 15.7. The lowest BCUT2D eigenvalue weighted by Crippen LogP contribution is -2.39. The number of urea groups is 1. The molecule has 1 aromatic carbocycles. The van der Waals surface area contributed by atoms with E-state index in [4.69, 9.17) is 16.3 Å². The molecular weight excluding hydrogens is 321 g/mol. The lowest BCUT2D eigenvalue weighted by Gasteiger charge is -2.20. The Hall–Kier alpha value is -2.18. The fourth-order valence-corrected chi connectivity index (χ4v) is 2.65. The molecule has 120 valence electrons. The number of anilines is 1. The number of rotatable bonds is 3. The van der Waals surface area contributed by atoms with Crippen LogP contribution in [-0.2, 0) is 4.74 Å². The minimum atomic E-state index is -0.584. The zero-order chi connectivity index (χ0) is 16.2. The van der Waals surface area contributed by atoms with Crippen molar-refractivity contribution in [1.29, 1.82) is 0 Å². The van der Waals surface area contributed by atoms with Crippen molar-refractivity contribution in [3.8, 4) is 0 Å². The number of amides is 2. The van der Waals surface area contributed by atoms with Gasteiger partial charge in [0, 0.05) is 17.8 Å². The van der Waals surface area contributed by atoms with Crippen LogP contribution in [0.2, 0.25) is 5.02 Å². The van der Waals surface area contributed by atoms with E-state index in [9.17, 15) is 9.18 Å². The molecule has 0 spiro atoms. The summed E-state index contributed by atoms with van der Waals surface area (Å²) in [6, 6.07) is 8.02. The van der Waals surface area contributed by atoms with E-state index in [0.717, 1.165) is 11.8 Å². The topological polar surface area (TPSA) is 63.2 Å². The summed E-state index contributed by atoms with van der Waals surface area (Å²) in [5, 5.41) is 5.94. The number of hydrogen-bond acceptors (Lipinski definition) is 3. The fourth-order valence-electron chi connectivity index (χ4n) is 2.52. The molecule has 2 aromatic rings. The van der Waals surface area contributed by atoms with Crippen LogP contribution in [0.1, 0.15) is 18.1 Å². The number of benzene rings is 1. The first-order valence-corrected chi connectivity index (χ1v) is 7.55. The highest BCUT2D eigenvalue weighted by Crippen LogP contribution is 2.30. The predicted octanol–water partition coefficient (Wildman–Crippen LogP) is 3.53. The number of carbonyl (C=O) groups excluding carboxylic acids is 1. The Morgan fingerprint density at radius 2 is 2.09 bits per heavy atom. The van der Waals surface area contributed by atoms with Crippen LogP contribution in [0.4, 0.5) is 14.9 Å². The molecule has 5 nitrogen and oxygen atoms in total. The van der Waals surface area contributed by atoms with Gasteiger partial charge in [-0.05, 0) is 30.2 Å². The molecule has 1 aliphatic heterocycles. The molecule has 2 unspecified atom stereocenters. The lowest BCUT2D eigenvalue weighted by atomic mass is 10.0. The number of nitrogens with one attached hydrogen (secondary N) is 2. The Morgan fingerprint density at radius 3 is 2.83 bits per heavy atom. The van der Waals surface area contributed by atoms with E-state index in [2.05, 4.69) is 15.6 Å². The molecule has 0 aliphatic carbocycles. The average molecular weight is 336 g/mol. The maximum atomic E-state index is 13.5. The largest absolute Gasteiger partial charge is 0.371 e. The van der Waals surface area contributed by atoms with E-state index in [1.807, 2.05) is 12.1 Å². The number of halogens is 2. The highest BCUT2D eigenvalue weighted by atomic mass is 35.5. The van der Waals surface area contributed by atoms with Crippen LogP contribution in [0.15, 0.2) is 42.7 Å². The van der Waals surface area contributed by atoms with Gasteiger partial charge in [0.25, 0.3) is 0 Å². The molecule has 3 rings (SSSR count). The average Bonchev–Trinajstić information content (AvgIpc) is 2.98. The molecule has 1 saturated heterocycles. The van der Waals surface area contributed by atoms with Crippen LogP contribution in [0.3, 0.4) is 0 Å². The van der Waals surface area contributed by atoms with Crippen LogP contribution in [-0.4, -0.2) is 23.7 Å². The van der Waals surface area contributed by atoms with Crippen molar-refractivity contribution in [3.05, 3.63) is 59.1 Å². The Balaban J connectivity index is 1.65. The van der Waals surface area contributed by atoms with Crippen LogP contribution in [0, 0.1) is 5.82 Å². The molecule has 2 amide bonds. The number of carbonyl (C=O) groups is 1. The Labute approximate surface area is 137 Å². The first-order chi connectivity index (χ1) is 11.1. The third kappa shape index (κ3) is 3.78. The van der Waals surface area contributed by atoms with Crippen LogP contribution < -0.4 is 10.6 Å². The van der Waals surface area contributed by atoms with Gasteiger partial charge in [0.15, 0.2) is 5.82 Å². The molecule has 0 bridgehead atoms. The van der Waals surface area contributed by atoms with Gasteiger partial charge in [-0.3, -0.25) is 4.98 Å². The number of pyridine rings is 1. The van der Waals surface area contributed by atoms with Crippen molar-refractivity contribution in [3.63, 3.8) is 0 Å². The van der Waals surface area contributed by atoms with E-state index in [1.165, 1.54) is 12.3 Å². The molecule has 2 atom stereocenters. The molecule has 23 heavy (non-hydrogen) atoms. The molecule has 1 aliphatic rings. The van der Waals surface area contributed by atoms with Crippen molar-refractivity contribution < 1.29 is 13.9 Å². The third-order valence-corrected chi connectivity index (χ3v) is 3.88. The smallest absolute Gasteiger partial charge is 0.319 e. The van der Waals surface area contributed by atoms with Crippen LogP contribution in [0.25, 0.3) is 0 Å². The molecule has 0 radical (unpaired) electrons. The monoisotopic (exact) mass is 335 g/mol. The predicted molar refractivity (Wildman–Crippen MR) is 84.9 cm³/mol. The fraction of sp³-hybridized carbons (Fsp3) is 0.250. The summed E-state index contributed by atoms with van der Waals surface area (Å²) in [5.74, 6) is -0.584. The van der Waals surface area contributed by atoms with Crippen molar-refractivity contribution in [2.24, 2.45) is 0 Å². The molecule has 7 heteroatoms. The van der Waals surface area contributed by atoms with Crippen molar-refractivity contribution in [2.45, 2.75) is 18.6 Å². The van der Waals surface area contributed by atoms with Crippen molar-refractivity contribution in [1.82, 2.24) is 10.3 Å². The van der Waals surface area contributed by atoms with E-state index >= 15 is 0 Å². The molecule has 2 N–H and O–H groups in total. The Kier molecular flexibility index (Phi) is 4.73. The highest BCUT2D eigenvalue weighted by molar-refractivity contribution is 6.30. The van der Waals surface area contributed by atoms with E-state index in [0.29, 0.717) is 18.1 Å². The van der Waals surface area contributed by atoms with Crippen molar-refractivity contribution in [2.75, 3.05) is 11.9 Å². The minimum absolute atomic E-state index is 0.0828. The van der Waals surface area contributed by atoms with Gasteiger partial charge in [-0.15, -0.1) is 0 Å². The number of hydrogen-bond donors (Lipinski definition) is 2. The molecular formula is C16H15ClFN3O2. The number of ether oxygens (including phenoxy) is 1. The standard InChI is InChI=1S/C16H15ClFN3O2/c17-11-3-1-10(2-4-11)15-14(6-8-23-15)21-16(22)20-13-5-7-19-9-12(13)18/h1-5,7,9,14-15H,6,8H2,(H2,19,20,21,22). The first kappa shape index (κ1) is 15.7. The van der Waals surface area contributed by atoms with Gasteiger partial charge in [0.1, 0.15) is 6.10 Å². The summed E-state index contributed by atoms with van der Waals surface area (Å²) in [5.41, 5.74) is 1.02. The second kappa shape index (κ2) is 6.93. The maximum Gasteiger partial charge on any atom is 0.319 e. The number of aromatic nitrogens is 1. The van der Waals surface area contributed by atoms with Gasteiger partial charge >= 0.3 is 6.03 Å². The van der Waals surface area contributed by atoms with Crippen LogP contribution >= 0.6 is 11.6 Å². The van der Waals surface area contributed by atoms with Crippen molar-refractivity contribution >= 4 is 23.3 Å². The quantitative estimate of drug-likeness (QED) is 0.902. The van der Waals surface area contributed by atoms with E-state index in [-0.39, 0.29) is 17.8 Å². The zero-order valence-electron chi connectivity index (χ0n) is 12.1. The Morgan fingerprint density at radius 1 is 1.30 bits per heavy atom. The molecule has 1 aromatic heterocycles. The van der Waals surface area contributed by atoms with Crippen LogP contribution in [0.5, 0.6) is 0 Å². The van der Waals surface area contributed by atoms with Gasteiger partial charge < -0.3 is 15.4 Å². The third-order valence-electron chi connectivity index (χ3n) is 3.63. The summed E-state index contributed by atoms with van der Waals surface area (Å²) in [7, 11) is 0. The second-order valence-electron chi connectivity index (χ2n) is 5.19. The second-order valence-corrected chi connectivity index (χ2v) is 5.63. The molecule has 0 saturated carbocycles. The van der Waals surface area contributed by atoms with Gasteiger partial charge in [-0.1, -0.05) is 23.7 Å².